The molecular formula is C16H32O4Si. The van der Waals surface area contributed by atoms with Gasteiger partial charge >= 0.3 is 0 Å². The lowest BCUT2D eigenvalue weighted by Gasteiger charge is -2.37. The van der Waals surface area contributed by atoms with Gasteiger partial charge in [0.25, 0.3) is 0 Å². The summed E-state index contributed by atoms with van der Waals surface area (Å²) in [7, 11) is -1.87. The zero-order chi connectivity index (χ0) is 16.5. The third-order valence-corrected chi connectivity index (χ3v) is 8.85. The number of rotatable bonds is 5. The first-order valence-corrected chi connectivity index (χ1v) is 10.6. The Morgan fingerprint density at radius 2 is 1.86 bits per heavy atom. The molecule has 0 aliphatic carbocycles. The molecule has 0 amide bonds. The van der Waals surface area contributed by atoms with Crippen molar-refractivity contribution >= 4 is 8.32 Å². The minimum absolute atomic E-state index is 0.127. The van der Waals surface area contributed by atoms with Crippen LogP contribution in [0.25, 0.3) is 0 Å². The molecule has 1 aliphatic heterocycles. The lowest BCUT2D eigenvalue weighted by Crippen LogP contribution is -2.46. The maximum atomic E-state index is 10.5. The minimum Gasteiger partial charge on any atom is -0.414 e. The molecule has 124 valence electrons. The van der Waals surface area contributed by atoms with Crippen LogP contribution in [0.3, 0.4) is 0 Å². The highest BCUT2D eigenvalue weighted by Crippen LogP contribution is 2.37. The van der Waals surface area contributed by atoms with Crippen LogP contribution in [0.15, 0.2) is 12.2 Å². The van der Waals surface area contributed by atoms with Crippen LogP contribution in [0.1, 0.15) is 41.5 Å². The molecule has 0 spiro atoms. The SMILES string of the molecule is CC=C[C@H]1OC(C)(C)O[C@H]1[C@@H](O)CO[Si](C)(C)C(C)(C)C. The first-order valence-electron chi connectivity index (χ1n) is 7.70. The third-order valence-electron chi connectivity index (χ3n) is 4.35. The van der Waals surface area contributed by atoms with Crippen molar-refractivity contribution in [1.82, 2.24) is 0 Å². The fourth-order valence-corrected chi connectivity index (χ4v) is 3.08. The molecule has 21 heavy (non-hydrogen) atoms. The molecule has 3 atom stereocenters. The number of hydrogen-bond acceptors (Lipinski definition) is 4. The Bertz CT molecular complexity index is 371. The molecule has 0 unspecified atom stereocenters. The Morgan fingerprint density at radius 3 is 2.33 bits per heavy atom. The van der Waals surface area contributed by atoms with Crippen molar-refractivity contribution in [3.05, 3.63) is 12.2 Å². The van der Waals surface area contributed by atoms with Crippen LogP contribution in [0.4, 0.5) is 0 Å². The molecule has 0 radical (unpaired) electrons. The summed E-state index contributed by atoms with van der Waals surface area (Å²) < 4.78 is 17.7. The molecule has 1 rings (SSSR count). The first kappa shape index (κ1) is 18.8. The summed E-state index contributed by atoms with van der Waals surface area (Å²) in [5.74, 6) is -0.674. The van der Waals surface area contributed by atoms with Gasteiger partial charge in [0.05, 0.1) is 6.61 Å². The summed E-state index contributed by atoms with van der Waals surface area (Å²) in [6.07, 6.45) is 2.53. The first-order chi connectivity index (χ1) is 9.39. The normalized spacial score (nSPS) is 28.2. The second kappa shape index (κ2) is 6.50. The topological polar surface area (TPSA) is 47.9 Å². The van der Waals surface area contributed by atoms with Gasteiger partial charge in [0.2, 0.25) is 0 Å². The highest BCUT2D eigenvalue weighted by Gasteiger charge is 2.45. The predicted octanol–water partition coefficient (Wildman–Crippen LogP) is 3.47. The van der Waals surface area contributed by atoms with Crippen molar-refractivity contribution in [3.63, 3.8) is 0 Å². The molecule has 1 heterocycles. The van der Waals surface area contributed by atoms with Gasteiger partial charge in [0.1, 0.15) is 18.3 Å². The molecule has 1 fully saturated rings. The van der Waals surface area contributed by atoms with Crippen LogP contribution < -0.4 is 0 Å². The fraction of sp³-hybridized carbons (Fsp3) is 0.875. The molecule has 0 aromatic carbocycles. The van der Waals surface area contributed by atoms with Gasteiger partial charge in [-0.3, -0.25) is 0 Å². The van der Waals surface area contributed by atoms with Gasteiger partial charge in [0.15, 0.2) is 14.1 Å². The van der Waals surface area contributed by atoms with Gasteiger partial charge in [-0.05, 0) is 38.9 Å². The van der Waals surface area contributed by atoms with Crippen LogP contribution in [-0.4, -0.2) is 44.1 Å². The number of hydrogen-bond donors (Lipinski definition) is 1. The summed E-state index contributed by atoms with van der Waals surface area (Å²) in [6, 6.07) is 0. The van der Waals surface area contributed by atoms with Crippen molar-refractivity contribution in [2.24, 2.45) is 0 Å². The van der Waals surface area contributed by atoms with E-state index in [1.165, 1.54) is 0 Å². The Balaban J connectivity index is 2.68. The smallest absolute Gasteiger partial charge is 0.192 e. The van der Waals surface area contributed by atoms with Crippen LogP contribution in [0.2, 0.25) is 18.1 Å². The lowest BCUT2D eigenvalue weighted by atomic mass is 10.1. The summed E-state index contributed by atoms with van der Waals surface area (Å²) >= 11 is 0. The standard InChI is InChI=1S/C16H32O4Si/c1-9-10-13-14(20-16(5,6)19-13)12(17)11-18-21(7,8)15(2,3)4/h9-10,12-14,17H,11H2,1-8H3/t12-,13+,14-/m0/s1. The summed E-state index contributed by atoms with van der Waals surface area (Å²) in [5, 5.41) is 10.6. The van der Waals surface area contributed by atoms with Gasteiger partial charge in [-0.1, -0.05) is 32.9 Å². The average molecular weight is 317 g/mol. The molecule has 0 aromatic heterocycles. The molecular weight excluding hydrogens is 284 g/mol. The maximum absolute atomic E-state index is 10.5. The molecule has 4 nitrogen and oxygen atoms in total. The van der Waals surface area contributed by atoms with E-state index >= 15 is 0 Å². The van der Waals surface area contributed by atoms with Gasteiger partial charge in [-0.25, -0.2) is 0 Å². The molecule has 0 bridgehead atoms. The summed E-state index contributed by atoms with van der Waals surface area (Å²) in [4.78, 5) is 0. The van der Waals surface area contributed by atoms with E-state index in [0.717, 1.165) is 0 Å². The molecule has 5 heteroatoms. The Hall–Kier alpha value is -0.203. The Morgan fingerprint density at radius 1 is 1.29 bits per heavy atom. The third kappa shape index (κ3) is 4.89. The quantitative estimate of drug-likeness (QED) is 0.623. The zero-order valence-electron chi connectivity index (χ0n) is 14.8. The van der Waals surface area contributed by atoms with E-state index in [1.807, 2.05) is 32.9 Å². The van der Waals surface area contributed by atoms with E-state index in [2.05, 4.69) is 33.9 Å². The number of aliphatic hydroxyl groups excluding tert-OH is 1. The van der Waals surface area contributed by atoms with Crippen molar-refractivity contribution in [1.29, 1.82) is 0 Å². The van der Waals surface area contributed by atoms with Gasteiger partial charge in [-0.2, -0.15) is 0 Å². The van der Waals surface area contributed by atoms with Gasteiger partial charge < -0.3 is 19.0 Å². The Labute approximate surface area is 130 Å². The number of ether oxygens (including phenoxy) is 2. The van der Waals surface area contributed by atoms with E-state index in [4.69, 9.17) is 13.9 Å². The number of allylic oxidation sites excluding steroid dienone is 1. The van der Waals surface area contributed by atoms with Crippen LogP contribution in [0.5, 0.6) is 0 Å². The fourth-order valence-electron chi connectivity index (χ4n) is 2.06. The minimum atomic E-state index is -1.87. The maximum Gasteiger partial charge on any atom is 0.192 e. The van der Waals surface area contributed by atoms with E-state index in [-0.39, 0.29) is 23.9 Å². The second-order valence-corrected chi connectivity index (χ2v) is 12.5. The molecule has 1 N–H and O–H groups in total. The van der Waals surface area contributed by atoms with E-state index in [0.29, 0.717) is 0 Å². The lowest BCUT2D eigenvalue weighted by molar-refractivity contribution is -0.155. The van der Waals surface area contributed by atoms with Gasteiger partial charge in [-0.15, -0.1) is 0 Å². The van der Waals surface area contributed by atoms with Crippen molar-refractivity contribution in [3.8, 4) is 0 Å². The average Bonchev–Trinajstić information content (AvgIpc) is 2.60. The highest BCUT2D eigenvalue weighted by molar-refractivity contribution is 6.74. The van der Waals surface area contributed by atoms with Crippen molar-refractivity contribution in [2.75, 3.05) is 6.61 Å². The molecule has 1 saturated heterocycles. The monoisotopic (exact) mass is 316 g/mol. The zero-order valence-corrected chi connectivity index (χ0v) is 15.8. The van der Waals surface area contributed by atoms with E-state index in [9.17, 15) is 5.11 Å². The second-order valence-electron chi connectivity index (χ2n) is 7.73. The molecule has 1 aliphatic rings. The van der Waals surface area contributed by atoms with E-state index in [1.54, 1.807) is 0 Å². The summed E-state index contributed by atoms with van der Waals surface area (Å²) in [5.41, 5.74) is 0. The van der Waals surface area contributed by atoms with Gasteiger partial charge in [0, 0.05) is 0 Å². The van der Waals surface area contributed by atoms with Crippen LogP contribution in [0, 0.1) is 0 Å². The van der Waals surface area contributed by atoms with E-state index < -0.39 is 20.2 Å². The molecule has 0 saturated carbocycles. The summed E-state index contributed by atoms with van der Waals surface area (Å²) in [6.45, 7) is 16.9. The van der Waals surface area contributed by atoms with Crippen LogP contribution in [-0.2, 0) is 13.9 Å². The molecule has 0 aromatic rings. The Kier molecular flexibility index (Phi) is 5.84. The number of aliphatic hydroxyl groups is 1. The van der Waals surface area contributed by atoms with Crippen molar-refractivity contribution in [2.45, 2.75) is 83.8 Å². The largest absolute Gasteiger partial charge is 0.414 e. The van der Waals surface area contributed by atoms with Crippen molar-refractivity contribution < 1.29 is 19.0 Å². The highest BCUT2D eigenvalue weighted by atomic mass is 28.4. The predicted molar refractivity (Wildman–Crippen MR) is 87.8 cm³/mol. The van der Waals surface area contributed by atoms with Crippen LogP contribution >= 0.6 is 0 Å².